The highest BCUT2D eigenvalue weighted by atomic mass is 19.1. The van der Waals surface area contributed by atoms with Crippen LogP contribution < -0.4 is 11.4 Å². The number of amides is 1. The highest BCUT2D eigenvalue weighted by Crippen LogP contribution is 2.51. The van der Waals surface area contributed by atoms with Crippen LogP contribution >= 0.6 is 0 Å². The summed E-state index contributed by atoms with van der Waals surface area (Å²) in [6.07, 6.45) is 7.90. The lowest BCUT2D eigenvalue weighted by Crippen LogP contribution is -2.41. The van der Waals surface area contributed by atoms with E-state index in [-0.39, 0.29) is 34.3 Å². The number of nitrogens with one attached hydrogen (secondary N) is 1. The number of halogens is 2. The van der Waals surface area contributed by atoms with Gasteiger partial charge in [-0.05, 0) is 113 Å². The van der Waals surface area contributed by atoms with Crippen LogP contribution in [0.4, 0.5) is 8.78 Å². The predicted molar refractivity (Wildman–Crippen MR) is 232 cm³/mol. The zero-order valence-electron chi connectivity index (χ0n) is 36.0. The lowest BCUT2D eigenvalue weighted by atomic mass is 9.83. The first-order valence-corrected chi connectivity index (χ1v) is 21.7. The Morgan fingerprint density at radius 1 is 0.984 bits per heavy atom. The number of carbonyl (C=O) groups is 1. The van der Waals surface area contributed by atoms with Crippen molar-refractivity contribution in [2.24, 2.45) is 7.05 Å². The van der Waals surface area contributed by atoms with Crippen molar-refractivity contribution in [3.8, 4) is 11.5 Å². The summed E-state index contributed by atoms with van der Waals surface area (Å²) in [7, 11) is 1.72. The molecule has 11 rings (SSSR count). The molecule has 0 bridgehead atoms. The normalized spacial score (nSPS) is 19.6. The van der Waals surface area contributed by atoms with Crippen LogP contribution in [0.1, 0.15) is 110 Å². The average Bonchev–Trinajstić information content (AvgIpc) is 3.73. The Kier molecular flexibility index (Phi) is 8.93. The second-order valence-electron chi connectivity index (χ2n) is 18.2. The molecule has 17 heteroatoms. The monoisotopic (exact) mass is 868 g/mol. The van der Waals surface area contributed by atoms with E-state index < -0.39 is 34.9 Å². The van der Waals surface area contributed by atoms with Gasteiger partial charge >= 0.3 is 11.4 Å². The third-order valence-corrected chi connectivity index (χ3v) is 13.8. The average molecular weight is 869 g/mol. The molecule has 0 spiro atoms. The van der Waals surface area contributed by atoms with Gasteiger partial charge in [0.2, 0.25) is 0 Å². The molecule has 1 N–H and O–H groups in total. The quantitative estimate of drug-likeness (QED) is 0.168. The molecule has 2 aliphatic heterocycles. The molecule has 328 valence electrons. The lowest BCUT2D eigenvalue weighted by Gasteiger charge is -2.35. The number of imidazole rings is 1. The van der Waals surface area contributed by atoms with Crippen molar-refractivity contribution in [3.63, 3.8) is 0 Å². The van der Waals surface area contributed by atoms with E-state index in [1.807, 2.05) is 24.5 Å². The Balaban J connectivity index is 1.04. The number of hydrogen-bond acceptors (Lipinski definition) is 8. The fourth-order valence-corrected chi connectivity index (χ4v) is 10.3. The molecule has 7 heterocycles. The highest BCUT2D eigenvalue weighted by Gasteiger charge is 2.52. The van der Waals surface area contributed by atoms with E-state index in [9.17, 15) is 14.0 Å². The van der Waals surface area contributed by atoms with Gasteiger partial charge in [0.05, 0.1) is 46.2 Å². The molecule has 0 unspecified atom stereocenters. The van der Waals surface area contributed by atoms with Gasteiger partial charge in [0.25, 0.3) is 5.91 Å². The van der Waals surface area contributed by atoms with Gasteiger partial charge in [0.15, 0.2) is 11.6 Å². The third kappa shape index (κ3) is 6.14. The number of ether oxygens (including phenoxy) is 1. The van der Waals surface area contributed by atoms with E-state index in [0.717, 1.165) is 29.3 Å². The maximum atomic E-state index is 16.1. The number of rotatable bonds is 8. The summed E-state index contributed by atoms with van der Waals surface area (Å²) in [6.45, 7) is 9.04. The van der Waals surface area contributed by atoms with E-state index in [0.29, 0.717) is 66.5 Å². The van der Waals surface area contributed by atoms with Crippen LogP contribution in [0, 0.1) is 11.6 Å². The molecule has 3 atom stereocenters. The first-order chi connectivity index (χ1) is 30.7. The minimum absolute atomic E-state index is 0.0552. The van der Waals surface area contributed by atoms with E-state index in [2.05, 4.69) is 47.3 Å². The van der Waals surface area contributed by atoms with Crippen LogP contribution in [-0.2, 0) is 23.7 Å². The van der Waals surface area contributed by atoms with Gasteiger partial charge in [0, 0.05) is 55.5 Å². The van der Waals surface area contributed by atoms with Crippen LogP contribution in [-0.4, -0.2) is 73.0 Å². The number of hydrogen-bond donors (Lipinski definition) is 1. The molecule has 15 nitrogen and oxygen atoms in total. The van der Waals surface area contributed by atoms with E-state index in [4.69, 9.17) is 14.4 Å². The number of H-pyrrole nitrogens is 1. The summed E-state index contributed by atoms with van der Waals surface area (Å²) in [5.41, 5.74) is 3.55. The summed E-state index contributed by atoms with van der Waals surface area (Å²) < 4.78 is 49.3. The second kappa shape index (κ2) is 14.3. The molecule has 1 amide bonds. The molecule has 1 saturated heterocycles. The van der Waals surface area contributed by atoms with Crippen LogP contribution in [0.3, 0.4) is 0 Å². The number of benzene rings is 3. The Labute approximate surface area is 364 Å². The van der Waals surface area contributed by atoms with Crippen molar-refractivity contribution in [1.82, 2.24) is 48.3 Å². The van der Waals surface area contributed by atoms with Gasteiger partial charge in [-0.1, -0.05) is 23.4 Å². The maximum Gasteiger partial charge on any atom is 0.438 e. The summed E-state index contributed by atoms with van der Waals surface area (Å²) in [5.74, 6) is -0.852. The van der Waals surface area contributed by atoms with Gasteiger partial charge in [0.1, 0.15) is 22.9 Å². The molecule has 3 aliphatic rings. The van der Waals surface area contributed by atoms with Crippen molar-refractivity contribution in [3.05, 3.63) is 146 Å². The Hall–Kier alpha value is -6.88. The lowest BCUT2D eigenvalue weighted by molar-refractivity contribution is -0.0592. The number of fused-ring (bicyclic) bond motifs is 3. The standard InChI is InChI=1S/C47H46F2N10O5/c1-26(28-6-9-32(48)10-7-28)59-41(57-20-19-56(45(57)62)37-13-12-36-33(40(37)49)25-50-54(36)5)39-27(2)55(18-14-34(39)52-59)42(60)38-23-31-22-29(30-15-21-63-46(3,4)24-30)8-11-35(31)58(38)47(16-17-47)43-51-44(61)64-53-43/h6-13,19-20,22-23,25-27,30H,14-18,21,24H2,1-5H3,(H,51,53,61)/t26-,27+,30-/m1/s1. The smallest absolute Gasteiger partial charge is 0.376 e. The number of carbonyl (C=O) groups excluding carboxylic acids is 1. The van der Waals surface area contributed by atoms with Crippen LogP contribution in [0.2, 0.25) is 0 Å². The first-order valence-electron chi connectivity index (χ1n) is 21.7. The van der Waals surface area contributed by atoms with Crippen molar-refractivity contribution >= 4 is 27.7 Å². The van der Waals surface area contributed by atoms with Crippen LogP contribution in [0.15, 0.2) is 93.4 Å². The Bertz CT molecular complexity index is 3290. The van der Waals surface area contributed by atoms with Crippen molar-refractivity contribution in [1.29, 1.82) is 0 Å². The molecule has 64 heavy (non-hydrogen) atoms. The third-order valence-electron chi connectivity index (χ3n) is 13.8. The maximum absolute atomic E-state index is 16.1. The largest absolute Gasteiger partial charge is 0.438 e. The molecular weight excluding hydrogens is 823 g/mol. The molecule has 3 aromatic carbocycles. The second-order valence-corrected chi connectivity index (χ2v) is 18.2. The van der Waals surface area contributed by atoms with Crippen molar-refractivity contribution in [2.75, 3.05) is 13.2 Å². The molecular formula is C47H46F2N10O5. The van der Waals surface area contributed by atoms with Crippen molar-refractivity contribution in [2.45, 2.75) is 88.9 Å². The van der Waals surface area contributed by atoms with E-state index in [1.165, 1.54) is 39.2 Å². The topological polar surface area (TPSA) is 156 Å². The Morgan fingerprint density at radius 2 is 1.75 bits per heavy atom. The zero-order chi connectivity index (χ0) is 44.4. The summed E-state index contributed by atoms with van der Waals surface area (Å²) >= 11 is 0. The molecule has 2 fully saturated rings. The number of aromatic amines is 1. The zero-order valence-corrected chi connectivity index (χ0v) is 36.0. The van der Waals surface area contributed by atoms with Gasteiger partial charge in [-0.15, -0.1) is 0 Å². The number of aromatic nitrogens is 9. The Morgan fingerprint density at radius 3 is 2.48 bits per heavy atom. The molecule has 1 saturated carbocycles. The number of nitrogens with zero attached hydrogens (tertiary/aromatic N) is 9. The van der Waals surface area contributed by atoms with Gasteiger partial charge in [-0.3, -0.25) is 28.1 Å². The van der Waals surface area contributed by atoms with Crippen molar-refractivity contribution < 1.29 is 22.8 Å². The fourth-order valence-electron chi connectivity index (χ4n) is 10.3. The van der Waals surface area contributed by atoms with Crippen LogP contribution in [0.25, 0.3) is 33.3 Å². The van der Waals surface area contributed by atoms with Gasteiger partial charge in [-0.25, -0.2) is 23.1 Å². The summed E-state index contributed by atoms with van der Waals surface area (Å²) in [4.78, 5) is 47.0. The van der Waals surface area contributed by atoms with E-state index >= 15 is 9.18 Å². The first kappa shape index (κ1) is 39.9. The van der Waals surface area contributed by atoms with E-state index in [1.54, 1.807) is 51.8 Å². The molecule has 8 aromatic rings. The van der Waals surface area contributed by atoms with Gasteiger partial charge < -0.3 is 14.2 Å². The molecule has 0 radical (unpaired) electrons. The minimum atomic E-state index is -0.809. The van der Waals surface area contributed by atoms with Crippen LogP contribution in [0.5, 0.6) is 0 Å². The fraction of sp³-hybridized carbons (Fsp3) is 0.362. The predicted octanol–water partition coefficient (Wildman–Crippen LogP) is 7.20. The number of aryl methyl sites for hydroxylation is 1. The van der Waals surface area contributed by atoms with Gasteiger partial charge in [-0.2, -0.15) is 10.2 Å². The summed E-state index contributed by atoms with van der Waals surface area (Å²) in [5, 5.41) is 14.6. The molecule has 5 aromatic heterocycles. The SMILES string of the molecule is C[C@H](c1ccc(F)cc1)n1nc2c(c1-n1ccn(-c3ccc4c(cnn4C)c3F)c1=O)[C@H](C)N(C(=O)c1cc3cc([C@@H]4CCOC(C)(C)C4)ccc3n1C1(c3noc(=O)[nH]3)CC1)CC2. The highest BCUT2D eigenvalue weighted by molar-refractivity contribution is 6.00. The summed E-state index contributed by atoms with van der Waals surface area (Å²) in [6, 6.07) is 16.6. The minimum Gasteiger partial charge on any atom is -0.376 e. The molecule has 1 aliphatic carbocycles.